The molecular weight excluding hydrogens is 661 g/mol. The first-order valence-electron chi connectivity index (χ1n) is 23.3. The van der Waals surface area contributed by atoms with E-state index in [1.54, 1.807) is 0 Å². The largest absolute Gasteiger partial charge is 0.462 e. The zero-order valence-corrected chi connectivity index (χ0v) is 36.1. The van der Waals surface area contributed by atoms with Crippen molar-refractivity contribution in [2.24, 2.45) is 11.8 Å². The Balaban J connectivity index is 4.30. The zero-order valence-electron chi connectivity index (χ0n) is 36.1. The maximum absolute atomic E-state index is 12.7. The van der Waals surface area contributed by atoms with Crippen molar-refractivity contribution >= 4 is 17.9 Å². The lowest BCUT2D eigenvalue weighted by Gasteiger charge is -2.18. The second-order valence-corrected chi connectivity index (χ2v) is 16.8. The molecule has 0 rings (SSSR count). The summed E-state index contributed by atoms with van der Waals surface area (Å²) < 4.78 is 16.7. The van der Waals surface area contributed by atoms with E-state index in [1.165, 1.54) is 141 Å². The van der Waals surface area contributed by atoms with E-state index in [-0.39, 0.29) is 31.1 Å². The lowest BCUT2D eigenvalue weighted by atomic mass is 9.99. The van der Waals surface area contributed by atoms with Crippen LogP contribution in [-0.2, 0) is 28.6 Å². The molecule has 0 bridgehead atoms. The minimum atomic E-state index is -0.761. The lowest BCUT2D eigenvalue weighted by molar-refractivity contribution is -0.167. The third-order valence-electron chi connectivity index (χ3n) is 10.8. The molecule has 1 unspecified atom stereocenters. The van der Waals surface area contributed by atoms with Gasteiger partial charge in [0.2, 0.25) is 0 Å². The molecule has 6 nitrogen and oxygen atoms in total. The summed E-state index contributed by atoms with van der Waals surface area (Å²) in [6.45, 7) is 11.3. The van der Waals surface area contributed by atoms with Gasteiger partial charge < -0.3 is 14.2 Å². The molecule has 314 valence electrons. The Kier molecular flexibility index (Phi) is 38.9. The van der Waals surface area contributed by atoms with E-state index in [0.29, 0.717) is 19.3 Å². The van der Waals surface area contributed by atoms with E-state index < -0.39 is 6.10 Å². The number of ether oxygens (including phenoxy) is 3. The molecule has 0 aromatic rings. The van der Waals surface area contributed by atoms with E-state index in [4.69, 9.17) is 14.2 Å². The lowest BCUT2D eigenvalue weighted by Crippen LogP contribution is -2.30. The van der Waals surface area contributed by atoms with E-state index in [0.717, 1.165) is 69.6 Å². The molecule has 0 radical (unpaired) electrons. The third kappa shape index (κ3) is 39.9. The van der Waals surface area contributed by atoms with Gasteiger partial charge in [-0.05, 0) is 31.1 Å². The van der Waals surface area contributed by atoms with Crippen molar-refractivity contribution in [3.8, 4) is 0 Å². The molecular formula is C47H90O6. The van der Waals surface area contributed by atoms with Gasteiger partial charge in [-0.2, -0.15) is 0 Å². The van der Waals surface area contributed by atoms with Crippen LogP contribution in [0.1, 0.15) is 253 Å². The van der Waals surface area contributed by atoms with Crippen molar-refractivity contribution in [1.29, 1.82) is 0 Å². The number of carbonyl (C=O) groups excluding carboxylic acids is 3. The fourth-order valence-corrected chi connectivity index (χ4v) is 6.90. The van der Waals surface area contributed by atoms with Crippen molar-refractivity contribution in [3.05, 3.63) is 0 Å². The third-order valence-corrected chi connectivity index (χ3v) is 10.8. The molecule has 0 saturated carbocycles. The van der Waals surface area contributed by atoms with Crippen LogP contribution in [0.4, 0.5) is 0 Å². The second kappa shape index (κ2) is 40.1. The highest BCUT2D eigenvalue weighted by Crippen LogP contribution is 2.17. The average Bonchev–Trinajstić information content (AvgIpc) is 3.14. The van der Waals surface area contributed by atoms with Crippen LogP contribution in [0.3, 0.4) is 0 Å². The summed E-state index contributed by atoms with van der Waals surface area (Å²) in [4.78, 5) is 37.7. The fraction of sp³-hybridized carbons (Fsp3) is 0.936. The maximum atomic E-state index is 12.7. The van der Waals surface area contributed by atoms with Crippen molar-refractivity contribution in [3.63, 3.8) is 0 Å². The van der Waals surface area contributed by atoms with Gasteiger partial charge in [0.25, 0.3) is 0 Å². The van der Waals surface area contributed by atoms with Crippen LogP contribution < -0.4 is 0 Å². The van der Waals surface area contributed by atoms with Crippen LogP contribution >= 0.6 is 0 Å². The quantitative estimate of drug-likeness (QED) is 0.0352. The highest BCUT2D eigenvalue weighted by molar-refractivity contribution is 5.71. The molecule has 6 heteroatoms. The fourth-order valence-electron chi connectivity index (χ4n) is 6.90. The predicted molar refractivity (Wildman–Crippen MR) is 224 cm³/mol. The number of rotatable bonds is 41. The van der Waals surface area contributed by atoms with Gasteiger partial charge in [0.1, 0.15) is 13.2 Å². The summed E-state index contributed by atoms with van der Waals surface area (Å²) in [6.07, 6.45) is 38.0. The van der Waals surface area contributed by atoms with E-state index in [9.17, 15) is 14.4 Å². The molecule has 0 aliphatic carbocycles. The molecule has 0 heterocycles. The first-order chi connectivity index (χ1) is 25.8. The van der Waals surface area contributed by atoms with Crippen LogP contribution in [0, 0.1) is 11.8 Å². The Bertz CT molecular complexity index is 811. The Morgan fingerprint density at radius 2 is 0.717 bits per heavy atom. The minimum Gasteiger partial charge on any atom is -0.462 e. The summed E-state index contributed by atoms with van der Waals surface area (Å²) in [5, 5.41) is 0. The molecule has 0 aromatic carbocycles. The Morgan fingerprint density at radius 3 is 1.08 bits per heavy atom. The van der Waals surface area contributed by atoms with Crippen LogP contribution in [-0.4, -0.2) is 37.2 Å². The van der Waals surface area contributed by atoms with Gasteiger partial charge in [-0.3, -0.25) is 14.4 Å². The minimum absolute atomic E-state index is 0.0657. The van der Waals surface area contributed by atoms with Crippen molar-refractivity contribution in [2.45, 2.75) is 259 Å². The summed E-state index contributed by atoms with van der Waals surface area (Å²) >= 11 is 0. The highest BCUT2D eigenvalue weighted by Gasteiger charge is 2.19. The number of esters is 3. The van der Waals surface area contributed by atoms with Crippen LogP contribution in [0.5, 0.6) is 0 Å². The van der Waals surface area contributed by atoms with Crippen LogP contribution in [0.25, 0.3) is 0 Å². The molecule has 0 spiro atoms. The summed E-state index contributed by atoms with van der Waals surface area (Å²) in [7, 11) is 0. The topological polar surface area (TPSA) is 78.9 Å². The molecule has 0 aliphatic rings. The van der Waals surface area contributed by atoms with Crippen molar-refractivity contribution in [1.82, 2.24) is 0 Å². The SMILES string of the molecule is CCCCCCCCCCCCCCC(=O)OC[C@@H](COC(=O)CCCCCCCCCCCCC(C)CC)OC(=O)CCCCCCCCC(C)C. The van der Waals surface area contributed by atoms with Gasteiger partial charge in [-0.25, -0.2) is 0 Å². The summed E-state index contributed by atoms with van der Waals surface area (Å²) in [6, 6.07) is 0. The second-order valence-electron chi connectivity index (χ2n) is 16.8. The number of hydrogen-bond acceptors (Lipinski definition) is 6. The van der Waals surface area contributed by atoms with Gasteiger partial charge in [0, 0.05) is 19.3 Å². The highest BCUT2D eigenvalue weighted by atomic mass is 16.6. The molecule has 0 fully saturated rings. The number of unbranched alkanes of at least 4 members (excludes halogenated alkanes) is 25. The average molecular weight is 751 g/mol. The van der Waals surface area contributed by atoms with Crippen molar-refractivity contribution < 1.29 is 28.6 Å². The van der Waals surface area contributed by atoms with Crippen LogP contribution in [0.15, 0.2) is 0 Å². The Hall–Kier alpha value is -1.59. The molecule has 53 heavy (non-hydrogen) atoms. The first-order valence-corrected chi connectivity index (χ1v) is 23.3. The monoisotopic (exact) mass is 751 g/mol. The Morgan fingerprint density at radius 1 is 0.396 bits per heavy atom. The number of hydrogen-bond donors (Lipinski definition) is 0. The Labute approximate surface area is 329 Å². The molecule has 0 saturated heterocycles. The van der Waals surface area contributed by atoms with Crippen molar-refractivity contribution in [2.75, 3.05) is 13.2 Å². The van der Waals surface area contributed by atoms with E-state index in [2.05, 4.69) is 34.6 Å². The smallest absolute Gasteiger partial charge is 0.306 e. The molecule has 0 aromatic heterocycles. The molecule has 2 atom stereocenters. The van der Waals surface area contributed by atoms with Gasteiger partial charge >= 0.3 is 17.9 Å². The normalized spacial score (nSPS) is 12.6. The van der Waals surface area contributed by atoms with Gasteiger partial charge in [0.15, 0.2) is 6.10 Å². The first kappa shape index (κ1) is 51.4. The summed E-state index contributed by atoms with van der Waals surface area (Å²) in [5.41, 5.74) is 0. The van der Waals surface area contributed by atoms with E-state index >= 15 is 0 Å². The molecule has 0 aliphatic heterocycles. The standard InChI is InChI=1S/C47H90O6/c1-6-8-9-10-11-12-13-14-18-21-27-32-37-45(48)51-40-44(53-47(50)39-34-29-24-23-25-30-35-42(3)4)41-52-46(49)38-33-28-22-19-16-15-17-20-26-31-36-43(5)7-2/h42-44H,6-41H2,1-5H3/t43?,44-/m0/s1. The van der Waals surface area contributed by atoms with Gasteiger partial charge in [0.05, 0.1) is 0 Å². The predicted octanol–water partition coefficient (Wildman–Crippen LogP) is 14.6. The maximum Gasteiger partial charge on any atom is 0.306 e. The van der Waals surface area contributed by atoms with Gasteiger partial charge in [-0.1, -0.05) is 214 Å². The van der Waals surface area contributed by atoms with Gasteiger partial charge in [-0.15, -0.1) is 0 Å². The number of carbonyl (C=O) groups is 3. The summed E-state index contributed by atoms with van der Waals surface area (Å²) in [5.74, 6) is 0.767. The zero-order chi connectivity index (χ0) is 39.0. The van der Waals surface area contributed by atoms with E-state index in [1.807, 2.05) is 0 Å². The van der Waals surface area contributed by atoms with Crippen LogP contribution in [0.2, 0.25) is 0 Å². The molecule has 0 N–H and O–H groups in total. The molecule has 0 amide bonds.